The van der Waals surface area contributed by atoms with Crippen LogP contribution in [-0.4, -0.2) is 43.9 Å². The van der Waals surface area contributed by atoms with E-state index in [0.29, 0.717) is 24.2 Å². The largest absolute Gasteiger partial charge is 0.433 e. The lowest BCUT2D eigenvalue weighted by molar-refractivity contribution is -0.140. The van der Waals surface area contributed by atoms with Crippen LogP contribution in [0.2, 0.25) is 0 Å². The fourth-order valence-electron chi connectivity index (χ4n) is 3.44. The number of thiophene rings is 1. The summed E-state index contributed by atoms with van der Waals surface area (Å²) in [5, 5.41) is 2.33. The number of fused-ring (bicyclic) bond motifs is 1. The van der Waals surface area contributed by atoms with Crippen molar-refractivity contribution < 1.29 is 21.6 Å². The van der Waals surface area contributed by atoms with Gasteiger partial charge in [-0.2, -0.15) is 17.5 Å². The van der Waals surface area contributed by atoms with Crippen LogP contribution in [-0.2, 0) is 16.2 Å². The van der Waals surface area contributed by atoms with Crippen LogP contribution in [0.1, 0.15) is 11.3 Å². The number of benzene rings is 1. The van der Waals surface area contributed by atoms with E-state index in [0.717, 1.165) is 23.0 Å². The van der Waals surface area contributed by atoms with Crippen LogP contribution in [0.5, 0.6) is 0 Å². The number of hydrogen-bond donors (Lipinski definition) is 0. The van der Waals surface area contributed by atoms with Gasteiger partial charge in [0.05, 0.1) is 5.52 Å². The highest BCUT2D eigenvalue weighted by Crippen LogP contribution is 2.35. The Morgan fingerprint density at radius 2 is 1.79 bits per heavy atom. The molecule has 0 amide bonds. The molecule has 0 saturated carbocycles. The van der Waals surface area contributed by atoms with Gasteiger partial charge in [-0.3, -0.25) is 0 Å². The summed E-state index contributed by atoms with van der Waals surface area (Å²) < 4.78 is 67.1. The van der Waals surface area contributed by atoms with Crippen LogP contribution in [0.25, 0.3) is 10.9 Å². The Labute approximate surface area is 170 Å². The van der Waals surface area contributed by atoms with Crippen molar-refractivity contribution in [3.8, 4) is 0 Å². The first-order valence-electron chi connectivity index (χ1n) is 8.93. The molecule has 5 nitrogen and oxygen atoms in total. The topological polar surface area (TPSA) is 53.5 Å². The van der Waals surface area contributed by atoms with E-state index in [9.17, 15) is 21.6 Å². The Morgan fingerprint density at radius 3 is 2.41 bits per heavy atom. The van der Waals surface area contributed by atoms with Crippen molar-refractivity contribution in [1.82, 2.24) is 9.29 Å². The zero-order valence-corrected chi connectivity index (χ0v) is 17.1. The van der Waals surface area contributed by atoms with Gasteiger partial charge in [-0.25, -0.2) is 13.4 Å². The molecule has 3 heterocycles. The van der Waals surface area contributed by atoms with Gasteiger partial charge in [0.1, 0.15) is 9.90 Å². The maximum atomic E-state index is 13.4. The van der Waals surface area contributed by atoms with Crippen molar-refractivity contribution >= 4 is 38.0 Å². The van der Waals surface area contributed by atoms with E-state index >= 15 is 0 Å². The highest BCUT2D eigenvalue weighted by atomic mass is 32.2. The molecule has 1 aromatic carbocycles. The number of aromatic nitrogens is 1. The molecule has 29 heavy (non-hydrogen) atoms. The van der Waals surface area contributed by atoms with E-state index in [4.69, 9.17) is 0 Å². The zero-order valence-electron chi connectivity index (χ0n) is 15.5. The van der Waals surface area contributed by atoms with Gasteiger partial charge in [0.2, 0.25) is 0 Å². The molecular weight excluding hydrogens is 423 g/mol. The zero-order chi connectivity index (χ0) is 20.8. The smallest absolute Gasteiger partial charge is 0.368 e. The van der Waals surface area contributed by atoms with Crippen molar-refractivity contribution in [2.45, 2.75) is 17.3 Å². The summed E-state index contributed by atoms with van der Waals surface area (Å²) in [5.74, 6) is 0. The predicted octanol–water partition coefficient (Wildman–Crippen LogP) is 4.13. The molecular formula is C19H18F3N3O2S2. The standard InChI is InChI=1S/C19H18F3N3O2S2/c1-13-4-5-15-14(11-13)16(12-17(23-15)19(20,21)22)24-6-8-25(9-7-24)29(26,27)18-3-2-10-28-18/h2-5,10-12H,6-9H2,1H3. The van der Waals surface area contributed by atoms with Gasteiger partial charge in [-0.15, -0.1) is 11.3 Å². The lowest BCUT2D eigenvalue weighted by Crippen LogP contribution is -2.48. The Bertz CT molecular complexity index is 1140. The molecule has 0 aliphatic carbocycles. The molecule has 2 aromatic heterocycles. The third-order valence-electron chi connectivity index (χ3n) is 4.90. The number of sulfonamides is 1. The Kier molecular flexibility index (Phi) is 5.04. The second-order valence-corrected chi connectivity index (χ2v) is 9.98. The second-order valence-electron chi connectivity index (χ2n) is 6.87. The molecule has 1 aliphatic heterocycles. The summed E-state index contributed by atoms with van der Waals surface area (Å²) in [7, 11) is -3.57. The fraction of sp³-hybridized carbons (Fsp3) is 0.316. The molecule has 0 atom stereocenters. The van der Waals surface area contributed by atoms with Gasteiger partial charge in [0.15, 0.2) is 0 Å². The van der Waals surface area contributed by atoms with Crippen LogP contribution in [0.4, 0.5) is 18.9 Å². The molecule has 0 bridgehead atoms. The fourth-order valence-corrected chi connectivity index (χ4v) is 6.00. The normalized spacial score (nSPS) is 16.5. The first-order chi connectivity index (χ1) is 13.7. The van der Waals surface area contributed by atoms with Gasteiger partial charge in [-0.1, -0.05) is 17.7 Å². The summed E-state index contributed by atoms with van der Waals surface area (Å²) in [6.45, 7) is 2.88. The van der Waals surface area contributed by atoms with Gasteiger partial charge < -0.3 is 4.90 Å². The SMILES string of the molecule is Cc1ccc2nc(C(F)(F)F)cc(N3CCN(S(=O)(=O)c4cccs4)CC3)c2c1. The summed E-state index contributed by atoms with van der Waals surface area (Å²) in [5.41, 5.74) is 0.671. The first kappa shape index (κ1) is 20.1. The molecule has 4 rings (SSSR count). The van der Waals surface area contributed by atoms with Crippen LogP contribution < -0.4 is 4.90 Å². The van der Waals surface area contributed by atoms with Crippen molar-refractivity contribution in [2.24, 2.45) is 0 Å². The molecule has 3 aromatic rings. The number of halogens is 3. The van der Waals surface area contributed by atoms with Crippen molar-refractivity contribution in [3.63, 3.8) is 0 Å². The third kappa shape index (κ3) is 3.84. The lowest BCUT2D eigenvalue weighted by Gasteiger charge is -2.35. The van der Waals surface area contributed by atoms with Crippen LogP contribution in [0, 0.1) is 6.92 Å². The minimum absolute atomic E-state index is 0.206. The van der Waals surface area contributed by atoms with Crippen LogP contribution >= 0.6 is 11.3 Å². The van der Waals surface area contributed by atoms with Gasteiger partial charge in [-0.05, 0) is 36.6 Å². The number of anilines is 1. The molecule has 1 fully saturated rings. The Hall–Kier alpha value is -2.17. The van der Waals surface area contributed by atoms with Crippen LogP contribution in [0.15, 0.2) is 46.0 Å². The monoisotopic (exact) mass is 441 g/mol. The van der Waals surface area contributed by atoms with Gasteiger partial charge >= 0.3 is 6.18 Å². The number of rotatable bonds is 3. The lowest BCUT2D eigenvalue weighted by atomic mass is 10.1. The van der Waals surface area contributed by atoms with E-state index in [1.54, 1.807) is 34.5 Å². The molecule has 154 valence electrons. The van der Waals surface area contributed by atoms with E-state index in [1.165, 1.54) is 4.31 Å². The quantitative estimate of drug-likeness (QED) is 0.613. The Morgan fingerprint density at radius 1 is 1.07 bits per heavy atom. The van der Waals surface area contributed by atoms with Gasteiger partial charge in [0, 0.05) is 37.3 Å². The minimum atomic E-state index is -4.56. The molecule has 0 radical (unpaired) electrons. The van der Waals surface area contributed by atoms with Crippen molar-refractivity contribution in [2.75, 3.05) is 31.1 Å². The number of piperazine rings is 1. The first-order valence-corrected chi connectivity index (χ1v) is 11.3. The van der Waals surface area contributed by atoms with Gasteiger partial charge in [0.25, 0.3) is 10.0 Å². The highest BCUT2D eigenvalue weighted by molar-refractivity contribution is 7.91. The number of nitrogens with zero attached hydrogens (tertiary/aromatic N) is 3. The maximum absolute atomic E-state index is 13.4. The number of hydrogen-bond acceptors (Lipinski definition) is 5. The average molecular weight is 442 g/mol. The van der Waals surface area contributed by atoms with E-state index < -0.39 is 21.9 Å². The highest BCUT2D eigenvalue weighted by Gasteiger charge is 2.35. The average Bonchev–Trinajstić information content (AvgIpc) is 3.22. The molecule has 0 unspecified atom stereocenters. The number of aryl methyl sites for hydroxylation is 1. The second kappa shape index (κ2) is 7.26. The number of pyridine rings is 1. The van der Waals surface area contributed by atoms with E-state index in [1.807, 2.05) is 13.0 Å². The third-order valence-corrected chi connectivity index (χ3v) is 8.17. The Balaban J connectivity index is 1.67. The molecule has 1 saturated heterocycles. The minimum Gasteiger partial charge on any atom is -0.368 e. The molecule has 10 heteroatoms. The summed E-state index contributed by atoms with van der Waals surface area (Å²) >= 11 is 1.15. The maximum Gasteiger partial charge on any atom is 0.433 e. The van der Waals surface area contributed by atoms with Crippen LogP contribution in [0.3, 0.4) is 0 Å². The summed E-state index contributed by atoms with van der Waals surface area (Å²) in [4.78, 5) is 5.58. The summed E-state index contributed by atoms with van der Waals surface area (Å²) in [6.07, 6.45) is -4.56. The van der Waals surface area contributed by atoms with Crippen molar-refractivity contribution in [3.05, 3.63) is 53.0 Å². The summed E-state index contributed by atoms with van der Waals surface area (Å²) in [6, 6.07) is 9.42. The molecule has 1 aliphatic rings. The molecule has 0 spiro atoms. The molecule has 0 N–H and O–H groups in total. The van der Waals surface area contributed by atoms with Crippen molar-refractivity contribution in [1.29, 1.82) is 0 Å². The van der Waals surface area contributed by atoms with E-state index in [2.05, 4.69) is 4.98 Å². The van der Waals surface area contributed by atoms with E-state index in [-0.39, 0.29) is 22.8 Å². The predicted molar refractivity (Wildman–Crippen MR) is 107 cm³/mol. The number of alkyl halides is 3.